The largest absolute Gasteiger partial charge is 0.314 e. The van der Waals surface area contributed by atoms with Gasteiger partial charge in [-0.2, -0.15) is 0 Å². The Bertz CT molecular complexity index is 144. The molecule has 2 rings (SSSR count). The van der Waals surface area contributed by atoms with E-state index in [0.29, 0.717) is 6.04 Å². The summed E-state index contributed by atoms with van der Waals surface area (Å²) < 4.78 is 24.8. The van der Waals surface area contributed by atoms with Crippen LogP contribution in [0.3, 0.4) is 0 Å². The zero-order chi connectivity index (χ0) is 7.90. The van der Waals surface area contributed by atoms with Gasteiger partial charge in [-0.05, 0) is 25.3 Å². The molecule has 0 aromatic heterocycles. The number of hydrogen-bond donors (Lipinski definition) is 1. The van der Waals surface area contributed by atoms with Gasteiger partial charge in [0.15, 0.2) is 0 Å². The Labute approximate surface area is 65.2 Å². The van der Waals surface area contributed by atoms with Crippen LogP contribution in [0, 0.1) is 5.92 Å². The van der Waals surface area contributed by atoms with Gasteiger partial charge in [-0.25, -0.2) is 8.78 Å². The minimum Gasteiger partial charge on any atom is -0.314 e. The summed E-state index contributed by atoms with van der Waals surface area (Å²) in [5.41, 5.74) is 0. The maximum atomic E-state index is 12.4. The first kappa shape index (κ1) is 7.47. The number of nitrogens with one attached hydrogen (secondary N) is 1. The second kappa shape index (κ2) is 2.41. The van der Waals surface area contributed by atoms with Crippen molar-refractivity contribution in [3.05, 3.63) is 0 Å². The first-order valence-electron chi connectivity index (χ1n) is 4.29. The van der Waals surface area contributed by atoms with Crippen LogP contribution in [0.4, 0.5) is 8.78 Å². The molecular weight excluding hydrogens is 148 g/mol. The van der Waals surface area contributed by atoms with Gasteiger partial charge in [0.1, 0.15) is 0 Å². The summed E-state index contributed by atoms with van der Waals surface area (Å²) in [5.74, 6) is -2.08. The van der Waals surface area contributed by atoms with Crippen LogP contribution in [0.5, 0.6) is 0 Å². The zero-order valence-electron chi connectivity index (χ0n) is 6.45. The highest BCUT2D eigenvalue weighted by Gasteiger charge is 2.48. The third-order valence-electron chi connectivity index (χ3n) is 2.79. The van der Waals surface area contributed by atoms with E-state index in [2.05, 4.69) is 5.32 Å². The third-order valence-corrected chi connectivity index (χ3v) is 2.79. The van der Waals surface area contributed by atoms with Crippen LogP contribution in [0.1, 0.15) is 25.7 Å². The molecule has 1 aliphatic carbocycles. The number of halogens is 2. The summed E-state index contributed by atoms with van der Waals surface area (Å²) in [6, 6.07) is 0.398. The molecule has 1 saturated heterocycles. The SMILES string of the molecule is FC1(F)CC(C2CCCN2)C1. The van der Waals surface area contributed by atoms with Crippen LogP contribution < -0.4 is 5.32 Å². The molecule has 64 valence electrons. The summed E-state index contributed by atoms with van der Waals surface area (Å²) in [4.78, 5) is 0. The second-order valence-corrected chi connectivity index (χ2v) is 3.73. The van der Waals surface area contributed by atoms with Crippen LogP contribution in [0.15, 0.2) is 0 Å². The van der Waals surface area contributed by atoms with Crippen molar-refractivity contribution >= 4 is 0 Å². The minimum atomic E-state index is -2.34. The molecular formula is C8H13F2N. The van der Waals surface area contributed by atoms with E-state index >= 15 is 0 Å². The Morgan fingerprint density at radius 1 is 1.27 bits per heavy atom. The summed E-state index contributed by atoms with van der Waals surface area (Å²) in [5, 5.41) is 3.26. The van der Waals surface area contributed by atoms with Crippen LogP contribution in [-0.4, -0.2) is 18.5 Å². The lowest BCUT2D eigenvalue weighted by Crippen LogP contribution is -2.45. The number of hydrogen-bond acceptors (Lipinski definition) is 1. The highest BCUT2D eigenvalue weighted by atomic mass is 19.3. The molecule has 1 atom stereocenters. The Morgan fingerprint density at radius 3 is 2.45 bits per heavy atom. The predicted molar refractivity (Wildman–Crippen MR) is 38.7 cm³/mol. The molecule has 1 nitrogen and oxygen atoms in total. The van der Waals surface area contributed by atoms with E-state index in [-0.39, 0.29) is 18.8 Å². The quantitative estimate of drug-likeness (QED) is 0.618. The monoisotopic (exact) mass is 161 g/mol. The van der Waals surface area contributed by atoms with Crippen molar-refractivity contribution in [3.63, 3.8) is 0 Å². The first-order valence-corrected chi connectivity index (χ1v) is 4.29. The van der Waals surface area contributed by atoms with Crippen LogP contribution in [-0.2, 0) is 0 Å². The zero-order valence-corrected chi connectivity index (χ0v) is 6.45. The number of rotatable bonds is 1. The lowest BCUT2D eigenvalue weighted by molar-refractivity contribution is -0.117. The van der Waals surface area contributed by atoms with Crippen molar-refractivity contribution in [1.82, 2.24) is 5.32 Å². The average Bonchev–Trinajstić information content (AvgIpc) is 2.32. The van der Waals surface area contributed by atoms with Gasteiger partial charge in [-0.3, -0.25) is 0 Å². The van der Waals surface area contributed by atoms with Crippen molar-refractivity contribution in [2.45, 2.75) is 37.6 Å². The van der Waals surface area contributed by atoms with Gasteiger partial charge in [0, 0.05) is 18.9 Å². The van der Waals surface area contributed by atoms with E-state index < -0.39 is 5.92 Å². The van der Waals surface area contributed by atoms with Gasteiger partial charge < -0.3 is 5.32 Å². The molecule has 2 aliphatic rings. The van der Waals surface area contributed by atoms with Gasteiger partial charge in [-0.15, -0.1) is 0 Å². The van der Waals surface area contributed by atoms with Crippen molar-refractivity contribution in [2.24, 2.45) is 5.92 Å². The molecule has 3 heteroatoms. The van der Waals surface area contributed by atoms with Crippen LogP contribution >= 0.6 is 0 Å². The highest BCUT2D eigenvalue weighted by molar-refractivity contribution is 4.94. The molecule has 1 heterocycles. The van der Waals surface area contributed by atoms with E-state index in [1.165, 1.54) is 0 Å². The van der Waals surface area contributed by atoms with Crippen LogP contribution in [0.25, 0.3) is 0 Å². The summed E-state index contributed by atoms with van der Waals surface area (Å²) in [6.07, 6.45) is 2.49. The maximum absolute atomic E-state index is 12.4. The molecule has 0 amide bonds. The lowest BCUT2D eigenvalue weighted by atomic mass is 9.76. The fourth-order valence-electron chi connectivity index (χ4n) is 2.11. The second-order valence-electron chi connectivity index (χ2n) is 3.73. The molecule has 2 fully saturated rings. The van der Waals surface area contributed by atoms with E-state index in [4.69, 9.17) is 0 Å². The normalized spacial score (nSPS) is 37.1. The molecule has 0 aromatic carbocycles. The van der Waals surface area contributed by atoms with Gasteiger partial charge in [0.25, 0.3) is 0 Å². The fourth-order valence-corrected chi connectivity index (χ4v) is 2.11. The molecule has 0 aromatic rings. The minimum absolute atomic E-state index is 0.116. The fraction of sp³-hybridized carbons (Fsp3) is 1.00. The maximum Gasteiger partial charge on any atom is 0.248 e. The van der Waals surface area contributed by atoms with E-state index in [1.807, 2.05) is 0 Å². The van der Waals surface area contributed by atoms with Crippen molar-refractivity contribution in [1.29, 1.82) is 0 Å². The average molecular weight is 161 g/mol. The van der Waals surface area contributed by atoms with E-state index in [1.54, 1.807) is 0 Å². The molecule has 0 bridgehead atoms. The molecule has 1 unspecified atom stereocenters. The summed E-state index contributed by atoms with van der Waals surface area (Å²) >= 11 is 0. The van der Waals surface area contributed by atoms with Gasteiger partial charge in [-0.1, -0.05) is 0 Å². The first-order chi connectivity index (χ1) is 5.17. The molecule has 0 radical (unpaired) electrons. The van der Waals surface area contributed by atoms with Crippen molar-refractivity contribution in [3.8, 4) is 0 Å². The lowest BCUT2D eigenvalue weighted by Gasteiger charge is -2.38. The van der Waals surface area contributed by atoms with Crippen molar-refractivity contribution in [2.75, 3.05) is 6.54 Å². The van der Waals surface area contributed by atoms with Crippen molar-refractivity contribution < 1.29 is 8.78 Å². The summed E-state index contributed by atoms with van der Waals surface area (Å²) in [7, 11) is 0. The smallest absolute Gasteiger partial charge is 0.248 e. The molecule has 11 heavy (non-hydrogen) atoms. The van der Waals surface area contributed by atoms with Gasteiger partial charge in [0.05, 0.1) is 0 Å². The topological polar surface area (TPSA) is 12.0 Å². The third kappa shape index (κ3) is 1.39. The Hall–Kier alpha value is -0.180. The Kier molecular flexibility index (Phi) is 1.63. The van der Waals surface area contributed by atoms with E-state index in [0.717, 1.165) is 19.4 Å². The number of alkyl halides is 2. The van der Waals surface area contributed by atoms with Gasteiger partial charge >= 0.3 is 0 Å². The highest BCUT2D eigenvalue weighted by Crippen LogP contribution is 2.45. The molecule has 0 spiro atoms. The summed E-state index contributed by atoms with van der Waals surface area (Å²) in [6.45, 7) is 1.02. The molecule has 1 aliphatic heterocycles. The van der Waals surface area contributed by atoms with Crippen LogP contribution in [0.2, 0.25) is 0 Å². The standard InChI is InChI=1S/C8H13F2N/c9-8(10)4-6(5-8)7-2-1-3-11-7/h6-7,11H,1-5H2. The predicted octanol–water partition coefficient (Wildman–Crippen LogP) is 1.78. The Balaban J connectivity index is 1.81. The molecule has 1 saturated carbocycles. The van der Waals surface area contributed by atoms with Gasteiger partial charge in [0.2, 0.25) is 5.92 Å². The Morgan fingerprint density at radius 2 is 2.00 bits per heavy atom. The van der Waals surface area contributed by atoms with E-state index in [9.17, 15) is 8.78 Å². The molecule has 1 N–H and O–H groups in total.